The van der Waals surface area contributed by atoms with Gasteiger partial charge in [0, 0.05) is 30.4 Å². The number of benzene rings is 2. The molecule has 7 heteroatoms. The standard InChI is InChI=1S/C26H31N3O4/c27-26(32-18-21-17-31-24-5-1-2-6-25(24)33-21)16-23-22-8-7-20(15-19(22)9-10-28-23)30-14-13-29-11-3-4-12-29/h1-2,5-8,15-16,21,27-28H,3-4,9-14,17-18H2/b23-16-,27-26?. The third-order valence-corrected chi connectivity index (χ3v) is 6.22. The monoisotopic (exact) mass is 449 g/mol. The summed E-state index contributed by atoms with van der Waals surface area (Å²) < 4.78 is 23.3. The van der Waals surface area contributed by atoms with Gasteiger partial charge in [0.25, 0.3) is 0 Å². The highest BCUT2D eigenvalue weighted by molar-refractivity contribution is 5.93. The number of fused-ring (bicyclic) bond motifs is 2. The number of ether oxygens (including phenoxy) is 4. The van der Waals surface area contributed by atoms with Gasteiger partial charge in [0.05, 0.1) is 0 Å². The van der Waals surface area contributed by atoms with Crippen LogP contribution in [-0.4, -0.2) is 62.9 Å². The first-order chi connectivity index (χ1) is 16.2. The number of para-hydroxylation sites is 2. The molecule has 1 fully saturated rings. The lowest BCUT2D eigenvalue weighted by atomic mass is 9.97. The zero-order chi connectivity index (χ0) is 22.5. The summed E-state index contributed by atoms with van der Waals surface area (Å²) in [6, 6.07) is 13.8. The molecule has 0 saturated carbocycles. The van der Waals surface area contributed by atoms with E-state index in [-0.39, 0.29) is 18.6 Å². The smallest absolute Gasteiger partial charge is 0.207 e. The van der Waals surface area contributed by atoms with Crippen molar-refractivity contribution in [1.29, 1.82) is 5.41 Å². The van der Waals surface area contributed by atoms with Crippen LogP contribution in [0.1, 0.15) is 24.0 Å². The van der Waals surface area contributed by atoms with Crippen molar-refractivity contribution in [3.63, 3.8) is 0 Å². The van der Waals surface area contributed by atoms with Gasteiger partial charge in [0.1, 0.15) is 25.6 Å². The van der Waals surface area contributed by atoms with Gasteiger partial charge >= 0.3 is 0 Å². The van der Waals surface area contributed by atoms with Crippen LogP contribution in [0.2, 0.25) is 0 Å². The van der Waals surface area contributed by atoms with E-state index >= 15 is 0 Å². The molecule has 1 atom stereocenters. The maximum Gasteiger partial charge on any atom is 0.207 e. The van der Waals surface area contributed by atoms with E-state index in [1.807, 2.05) is 30.3 Å². The van der Waals surface area contributed by atoms with Gasteiger partial charge in [-0.25, -0.2) is 0 Å². The van der Waals surface area contributed by atoms with E-state index in [0.717, 1.165) is 48.9 Å². The zero-order valence-electron chi connectivity index (χ0n) is 18.8. The minimum atomic E-state index is -0.245. The van der Waals surface area contributed by atoms with Gasteiger partial charge in [-0.2, -0.15) is 0 Å². The Bertz CT molecular complexity index is 1020. The molecule has 5 rings (SSSR count). The van der Waals surface area contributed by atoms with Crippen LogP contribution in [0.15, 0.2) is 48.5 Å². The molecule has 2 N–H and O–H groups in total. The molecule has 0 amide bonds. The molecule has 3 aliphatic rings. The molecule has 0 radical (unpaired) electrons. The molecule has 0 aromatic heterocycles. The molecule has 3 heterocycles. The molecule has 3 aliphatic heterocycles. The average Bonchev–Trinajstić information content (AvgIpc) is 3.36. The fourth-order valence-electron chi connectivity index (χ4n) is 4.48. The normalized spacial score (nSPS) is 20.7. The second-order valence-electron chi connectivity index (χ2n) is 8.62. The van der Waals surface area contributed by atoms with Crippen LogP contribution in [0.25, 0.3) is 5.70 Å². The molecular formula is C26H31N3O4. The highest BCUT2D eigenvalue weighted by Crippen LogP contribution is 2.31. The van der Waals surface area contributed by atoms with E-state index in [1.54, 1.807) is 6.08 Å². The minimum Gasteiger partial charge on any atom is -0.492 e. The quantitative estimate of drug-likeness (QED) is 0.498. The second kappa shape index (κ2) is 10.2. The Morgan fingerprint density at radius 3 is 2.88 bits per heavy atom. The van der Waals surface area contributed by atoms with Gasteiger partial charge < -0.3 is 24.3 Å². The van der Waals surface area contributed by atoms with Crippen molar-refractivity contribution in [3.05, 3.63) is 59.7 Å². The van der Waals surface area contributed by atoms with Crippen molar-refractivity contribution in [1.82, 2.24) is 10.2 Å². The largest absolute Gasteiger partial charge is 0.492 e. The summed E-state index contributed by atoms with van der Waals surface area (Å²) in [6.45, 7) is 5.56. The molecule has 174 valence electrons. The maximum atomic E-state index is 8.28. The van der Waals surface area contributed by atoms with Crippen LogP contribution in [0.3, 0.4) is 0 Å². The first-order valence-electron chi connectivity index (χ1n) is 11.8. The number of rotatable bonds is 7. The number of likely N-dealkylation sites (tertiary alicyclic amines) is 1. The first-order valence-corrected chi connectivity index (χ1v) is 11.8. The van der Waals surface area contributed by atoms with Crippen LogP contribution >= 0.6 is 0 Å². The van der Waals surface area contributed by atoms with Crippen LogP contribution < -0.4 is 19.5 Å². The third kappa shape index (κ3) is 5.42. The predicted octanol–water partition coefficient (Wildman–Crippen LogP) is 3.48. The highest BCUT2D eigenvalue weighted by Gasteiger charge is 2.22. The number of nitrogens with zero attached hydrogens (tertiary/aromatic N) is 1. The average molecular weight is 450 g/mol. The summed E-state index contributed by atoms with van der Waals surface area (Å²) in [4.78, 5) is 2.46. The summed E-state index contributed by atoms with van der Waals surface area (Å²) in [6.07, 6.45) is 5.02. The molecule has 1 unspecified atom stereocenters. The lowest BCUT2D eigenvalue weighted by Crippen LogP contribution is -2.34. The lowest BCUT2D eigenvalue weighted by Gasteiger charge is -2.26. The molecular weight excluding hydrogens is 418 g/mol. The van der Waals surface area contributed by atoms with Crippen LogP contribution in [0.5, 0.6) is 17.2 Å². The molecule has 0 bridgehead atoms. The summed E-state index contributed by atoms with van der Waals surface area (Å²) in [5.74, 6) is 2.46. The minimum absolute atomic E-state index is 0.0961. The van der Waals surface area contributed by atoms with Crippen molar-refractivity contribution in [3.8, 4) is 17.2 Å². The molecule has 1 saturated heterocycles. The van der Waals surface area contributed by atoms with Crippen LogP contribution in [-0.2, 0) is 11.2 Å². The molecule has 0 spiro atoms. The van der Waals surface area contributed by atoms with Crippen LogP contribution in [0, 0.1) is 5.41 Å². The molecule has 0 aliphatic carbocycles. The number of hydrogen-bond acceptors (Lipinski definition) is 7. The van der Waals surface area contributed by atoms with Gasteiger partial charge in [-0.15, -0.1) is 0 Å². The van der Waals surface area contributed by atoms with E-state index in [4.69, 9.17) is 24.4 Å². The fourth-order valence-corrected chi connectivity index (χ4v) is 4.48. The van der Waals surface area contributed by atoms with Crippen molar-refractivity contribution in [2.75, 3.05) is 46.0 Å². The van der Waals surface area contributed by atoms with Gasteiger partial charge in [0.2, 0.25) is 5.90 Å². The Morgan fingerprint density at radius 2 is 2.00 bits per heavy atom. The first kappa shape index (κ1) is 21.6. The van der Waals surface area contributed by atoms with E-state index in [1.165, 1.54) is 31.5 Å². The maximum absolute atomic E-state index is 8.28. The lowest BCUT2D eigenvalue weighted by molar-refractivity contribution is 0.0500. The van der Waals surface area contributed by atoms with Gasteiger partial charge in [-0.3, -0.25) is 10.3 Å². The Kier molecular flexibility index (Phi) is 6.67. The summed E-state index contributed by atoms with van der Waals surface area (Å²) in [5, 5.41) is 11.7. The molecule has 2 aromatic rings. The van der Waals surface area contributed by atoms with Crippen molar-refractivity contribution in [2.24, 2.45) is 0 Å². The Labute approximate surface area is 194 Å². The predicted molar refractivity (Wildman–Crippen MR) is 127 cm³/mol. The van der Waals surface area contributed by atoms with Crippen molar-refractivity contribution in [2.45, 2.75) is 25.4 Å². The molecule has 2 aromatic carbocycles. The zero-order valence-corrected chi connectivity index (χ0v) is 18.8. The van der Waals surface area contributed by atoms with Gasteiger partial charge in [-0.1, -0.05) is 12.1 Å². The van der Waals surface area contributed by atoms with E-state index in [9.17, 15) is 0 Å². The third-order valence-electron chi connectivity index (χ3n) is 6.22. The van der Waals surface area contributed by atoms with Gasteiger partial charge in [0.15, 0.2) is 17.6 Å². The van der Waals surface area contributed by atoms with Gasteiger partial charge in [-0.05, 0) is 68.2 Å². The SMILES string of the molecule is N=C(/C=C1\NCCc2cc(OCCN3CCCC3)ccc21)OCC1COc2ccccc2O1. The molecule has 7 nitrogen and oxygen atoms in total. The number of nitrogens with one attached hydrogen (secondary N) is 2. The summed E-state index contributed by atoms with van der Waals surface area (Å²) in [5.41, 5.74) is 3.22. The topological polar surface area (TPSA) is 76.0 Å². The summed E-state index contributed by atoms with van der Waals surface area (Å²) in [7, 11) is 0. The van der Waals surface area contributed by atoms with E-state index in [2.05, 4.69) is 22.3 Å². The second-order valence-corrected chi connectivity index (χ2v) is 8.62. The van der Waals surface area contributed by atoms with Crippen LogP contribution in [0.4, 0.5) is 0 Å². The van der Waals surface area contributed by atoms with E-state index < -0.39 is 0 Å². The van der Waals surface area contributed by atoms with E-state index in [0.29, 0.717) is 12.4 Å². The molecule has 33 heavy (non-hydrogen) atoms. The van der Waals surface area contributed by atoms with Crippen molar-refractivity contribution < 1.29 is 18.9 Å². The Morgan fingerprint density at radius 1 is 1.15 bits per heavy atom. The highest BCUT2D eigenvalue weighted by atomic mass is 16.6. The van der Waals surface area contributed by atoms with Crippen molar-refractivity contribution >= 4 is 11.6 Å². The summed E-state index contributed by atoms with van der Waals surface area (Å²) >= 11 is 0. The Balaban J connectivity index is 1.15. The fraction of sp³-hybridized carbons (Fsp3) is 0.423. The number of hydrogen-bond donors (Lipinski definition) is 2. The Hall–Kier alpha value is -3.19.